The van der Waals surface area contributed by atoms with Gasteiger partial charge in [-0.3, -0.25) is 0 Å². The standard InChI is InChI=1S/C19H17FN4O2/c1-12-22-18(9-19(23-12)24-15-4-2-3-14(20)8-15)21-10-13-5-6-16-17(7-13)26-11-25-16/h2-9H,10-11H2,1H3,(H2,21,22,23,24). The number of ether oxygens (including phenoxy) is 2. The van der Waals surface area contributed by atoms with Gasteiger partial charge in [-0.1, -0.05) is 12.1 Å². The zero-order chi connectivity index (χ0) is 17.9. The Hall–Kier alpha value is -3.35. The second-order valence-corrected chi connectivity index (χ2v) is 5.86. The van der Waals surface area contributed by atoms with E-state index >= 15 is 0 Å². The second kappa shape index (κ2) is 6.87. The maximum Gasteiger partial charge on any atom is 0.231 e. The van der Waals surface area contributed by atoms with Gasteiger partial charge in [0.2, 0.25) is 6.79 Å². The molecule has 3 aromatic rings. The van der Waals surface area contributed by atoms with Gasteiger partial charge in [0.25, 0.3) is 0 Å². The summed E-state index contributed by atoms with van der Waals surface area (Å²) in [6, 6.07) is 13.8. The Morgan fingerprint density at radius 3 is 2.73 bits per heavy atom. The monoisotopic (exact) mass is 352 g/mol. The molecule has 0 radical (unpaired) electrons. The quantitative estimate of drug-likeness (QED) is 0.723. The lowest BCUT2D eigenvalue weighted by Gasteiger charge is -2.11. The van der Waals surface area contributed by atoms with E-state index in [1.54, 1.807) is 18.2 Å². The Morgan fingerprint density at radius 2 is 1.85 bits per heavy atom. The third-order valence-electron chi connectivity index (χ3n) is 3.85. The van der Waals surface area contributed by atoms with Gasteiger partial charge < -0.3 is 20.1 Å². The lowest BCUT2D eigenvalue weighted by atomic mass is 10.2. The van der Waals surface area contributed by atoms with Gasteiger partial charge in [0.15, 0.2) is 11.5 Å². The Kier molecular flexibility index (Phi) is 4.27. The summed E-state index contributed by atoms with van der Waals surface area (Å²) in [5.74, 6) is 3.08. The second-order valence-electron chi connectivity index (χ2n) is 5.86. The number of nitrogens with one attached hydrogen (secondary N) is 2. The molecule has 0 saturated carbocycles. The highest BCUT2D eigenvalue weighted by molar-refractivity contribution is 5.59. The number of hydrogen-bond donors (Lipinski definition) is 2. The molecule has 0 saturated heterocycles. The average molecular weight is 352 g/mol. The number of fused-ring (bicyclic) bond motifs is 1. The molecule has 0 spiro atoms. The van der Waals surface area contributed by atoms with Gasteiger partial charge in [-0.15, -0.1) is 0 Å². The lowest BCUT2D eigenvalue weighted by molar-refractivity contribution is 0.174. The number of nitrogens with zero attached hydrogens (tertiary/aromatic N) is 2. The summed E-state index contributed by atoms with van der Waals surface area (Å²) in [6.07, 6.45) is 0. The molecule has 26 heavy (non-hydrogen) atoms. The summed E-state index contributed by atoms with van der Waals surface area (Å²) in [7, 11) is 0. The first-order valence-electron chi connectivity index (χ1n) is 8.16. The molecule has 2 aromatic carbocycles. The van der Waals surface area contributed by atoms with Crippen molar-refractivity contribution in [3.8, 4) is 11.5 Å². The van der Waals surface area contributed by atoms with Crippen LogP contribution in [0.25, 0.3) is 0 Å². The largest absolute Gasteiger partial charge is 0.454 e. The predicted octanol–water partition coefficient (Wildman–Crippen LogP) is 4.01. The number of halogens is 1. The van der Waals surface area contributed by atoms with Crippen LogP contribution < -0.4 is 20.1 Å². The average Bonchev–Trinajstić information content (AvgIpc) is 3.07. The summed E-state index contributed by atoms with van der Waals surface area (Å²) < 4.78 is 24.0. The van der Waals surface area contributed by atoms with E-state index in [1.165, 1.54) is 12.1 Å². The molecule has 0 fully saturated rings. The minimum atomic E-state index is -0.304. The summed E-state index contributed by atoms with van der Waals surface area (Å²) in [6.45, 7) is 2.64. The van der Waals surface area contributed by atoms with Crippen molar-refractivity contribution in [2.45, 2.75) is 13.5 Å². The Balaban J connectivity index is 1.47. The molecule has 6 nitrogen and oxygen atoms in total. The van der Waals surface area contributed by atoms with Crippen LogP contribution in [0.5, 0.6) is 11.5 Å². The Morgan fingerprint density at radius 1 is 1.00 bits per heavy atom. The van der Waals surface area contributed by atoms with E-state index in [2.05, 4.69) is 20.6 Å². The van der Waals surface area contributed by atoms with Crippen LogP contribution in [0.1, 0.15) is 11.4 Å². The molecule has 0 bridgehead atoms. The summed E-state index contributed by atoms with van der Waals surface area (Å²) in [4.78, 5) is 8.73. The summed E-state index contributed by atoms with van der Waals surface area (Å²) >= 11 is 0. The SMILES string of the molecule is Cc1nc(NCc2ccc3c(c2)OCO3)cc(Nc2cccc(F)c2)n1. The van der Waals surface area contributed by atoms with Gasteiger partial charge in [0.05, 0.1) is 0 Å². The minimum Gasteiger partial charge on any atom is -0.454 e. The van der Waals surface area contributed by atoms with Crippen LogP contribution in [0.2, 0.25) is 0 Å². The molecule has 1 aliphatic heterocycles. The normalized spacial score (nSPS) is 12.1. The number of anilines is 3. The highest BCUT2D eigenvalue weighted by atomic mass is 19.1. The molecule has 0 aliphatic carbocycles. The topological polar surface area (TPSA) is 68.3 Å². The van der Waals surface area contributed by atoms with Crippen molar-refractivity contribution >= 4 is 17.3 Å². The lowest BCUT2D eigenvalue weighted by Crippen LogP contribution is -2.05. The summed E-state index contributed by atoms with van der Waals surface area (Å²) in [5.41, 5.74) is 1.68. The fourth-order valence-electron chi connectivity index (χ4n) is 2.68. The van der Waals surface area contributed by atoms with Crippen molar-refractivity contribution in [1.29, 1.82) is 0 Å². The van der Waals surface area contributed by atoms with Crippen molar-refractivity contribution in [2.24, 2.45) is 0 Å². The third kappa shape index (κ3) is 3.66. The van der Waals surface area contributed by atoms with Gasteiger partial charge in [0.1, 0.15) is 23.3 Å². The smallest absolute Gasteiger partial charge is 0.231 e. The van der Waals surface area contributed by atoms with Crippen molar-refractivity contribution in [2.75, 3.05) is 17.4 Å². The van der Waals surface area contributed by atoms with Crippen LogP contribution in [0, 0.1) is 12.7 Å². The molecule has 7 heteroatoms. The third-order valence-corrected chi connectivity index (χ3v) is 3.85. The number of rotatable bonds is 5. The van der Waals surface area contributed by atoms with Crippen molar-refractivity contribution < 1.29 is 13.9 Å². The fraction of sp³-hybridized carbons (Fsp3) is 0.158. The van der Waals surface area contributed by atoms with E-state index in [4.69, 9.17) is 9.47 Å². The van der Waals surface area contributed by atoms with Crippen LogP contribution in [0.3, 0.4) is 0 Å². The molecule has 4 rings (SSSR count). The van der Waals surface area contributed by atoms with Gasteiger partial charge in [-0.25, -0.2) is 14.4 Å². The van der Waals surface area contributed by atoms with E-state index in [0.29, 0.717) is 29.7 Å². The number of benzene rings is 2. The maximum atomic E-state index is 13.3. The van der Waals surface area contributed by atoms with E-state index in [-0.39, 0.29) is 12.6 Å². The minimum absolute atomic E-state index is 0.256. The van der Waals surface area contributed by atoms with Crippen LogP contribution >= 0.6 is 0 Å². The van der Waals surface area contributed by atoms with E-state index in [9.17, 15) is 4.39 Å². The first kappa shape index (κ1) is 16.1. The van der Waals surface area contributed by atoms with Crippen LogP contribution in [0.4, 0.5) is 21.7 Å². The molecule has 2 N–H and O–H groups in total. The zero-order valence-electron chi connectivity index (χ0n) is 14.1. The molecule has 1 aliphatic rings. The van der Waals surface area contributed by atoms with Crippen LogP contribution in [-0.4, -0.2) is 16.8 Å². The van der Waals surface area contributed by atoms with Crippen molar-refractivity contribution in [3.63, 3.8) is 0 Å². The Bertz CT molecular complexity index is 949. The Labute approximate surface area is 150 Å². The van der Waals surface area contributed by atoms with Gasteiger partial charge in [-0.2, -0.15) is 0 Å². The van der Waals surface area contributed by atoms with Gasteiger partial charge >= 0.3 is 0 Å². The molecule has 0 unspecified atom stereocenters. The van der Waals surface area contributed by atoms with Gasteiger partial charge in [-0.05, 0) is 42.8 Å². The first-order chi connectivity index (χ1) is 12.7. The molecule has 132 valence electrons. The van der Waals surface area contributed by atoms with E-state index in [1.807, 2.05) is 25.1 Å². The molecule has 0 amide bonds. The molecular formula is C19H17FN4O2. The molecule has 1 aromatic heterocycles. The van der Waals surface area contributed by atoms with E-state index in [0.717, 1.165) is 17.1 Å². The fourth-order valence-corrected chi connectivity index (χ4v) is 2.68. The number of hydrogen-bond acceptors (Lipinski definition) is 6. The zero-order valence-corrected chi connectivity index (χ0v) is 14.1. The summed E-state index contributed by atoms with van der Waals surface area (Å²) in [5, 5.41) is 6.36. The van der Waals surface area contributed by atoms with Crippen LogP contribution in [0.15, 0.2) is 48.5 Å². The van der Waals surface area contributed by atoms with Crippen LogP contribution in [-0.2, 0) is 6.54 Å². The highest BCUT2D eigenvalue weighted by Gasteiger charge is 2.13. The molecule has 0 atom stereocenters. The number of aryl methyl sites for hydroxylation is 1. The predicted molar refractivity (Wildman–Crippen MR) is 96.3 cm³/mol. The van der Waals surface area contributed by atoms with Crippen molar-refractivity contribution in [3.05, 3.63) is 65.7 Å². The van der Waals surface area contributed by atoms with Crippen molar-refractivity contribution in [1.82, 2.24) is 9.97 Å². The highest BCUT2D eigenvalue weighted by Crippen LogP contribution is 2.32. The number of aromatic nitrogens is 2. The van der Waals surface area contributed by atoms with E-state index < -0.39 is 0 Å². The van der Waals surface area contributed by atoms with Gasteiger partial charge in [0, 0.05) is 18.3 Å². The molecular weight excluding hydrogens is 335 g/mol. The first-order valence-corrected chi connectivity index (χ1v) is 8.16. The maximum absolute atomic E-state index is 13.3. The molecule has 2 heterocycles.